The van der Waals surface area contributed by atoms with Crippen LogP contribution >= 0.6 is 24.0 Å². The maximum absolute atomic E-state index is 11.5. The van der Waals surface area contributed by atoms with Gasteiger partial charge in [-0.05, 0) is 36.5 Å². The molecule has 0 saturated carbocycles. The number of rotatable bonds is 5. The molecule has 7 nitrogen and oxygen atoms in total. The van der Waals surface area contributed by atoms with Crippen LogP contribution in [0.25, 0.3) is 0 Å². The molecule has 0 radical (unpaired) electrons. The molecule has 8 heteroatoms. The Balaban J connectivity index is 0.00000338. The lowest BCUT2D eigenvalue weighted by atomic mass is 9.93. The first-order valence-electron chi connectivity index (χ1n) is 8.82. The Morgan fingerprint density at radius 3 is 2.65 bits per heavy atom. The summed E-state index contributed by atoms with van der Waals surface area (Å²) in [6.45, 7) is 2.58. The second kappa shape index (κ2) is 11.2. The van der Waals surface area contributed by atoms with Gasteiger partial charge in [0.25, 0.3) is 0 Å². The van der Waals surface area contributed by atoms with Crippen LogP contribution in [0.1, 0.15) is 24.8 Å². The molecule has 2 N–H and O–H groups in total. The lowest BCUT2D eigenvalue weighted by Crippen LogP contribution is -2.45. The standard InChI is InChI=1S/C18H30N6O.HI/c1-19-17(25)12-14-6-9-24(10-7-14)18(20-2)22-13-15-5-8-21-16(11-15)23(3)4;/h5,8,11,14H,6-7,9-10,12-13H2,1-4H3,(H,19,25)(H,20,22);1H. The van der Waals surface area contributed by atoms with Crippen molar-refractivity contribution in [3.63, 3.8) is 0 Å². The van der Waals surface area contributed by atoms with Crippen molar-refractivity contribution >= 4 is 41.7 Å². The predicted molar refractivity (Wildman–Crippen MR) is 117 cm³/mol. The number of hydrogen-bond acceptors (Lipinski definition) is 4. The maximum Gasteiger partial charge on any atom is 0.220 e. The number of aliphatic imine (C=N–C) groups is 1. The Morgan fingerprint density at radius 1 is 1.38 bits per heavy atom. The SMILES string of the molecule is CN=C(NCc1ccnc(N(C)C)c1)N1CCC(CC(=O)NC)CC1.I. The van der Waals surface area contributed by atoms with E-state index in [-0.39, 0.29) is 29.9 Å². The summed E-state index contributed by atoms with van der Waals surface area (Å²) < 4.78 is 0. The highest BCUT2D eigenvalue weighted by molar-refractivity contribution is 14.0. The van der Waals surface area contributed by atoms with Gasteiger partial charge in [-0.1, -0.05) is 0 Å². The predicted octanol–water partition coefficient (Wildman–Crippen LogP) is 1.69. The van der Waals surface area contributed by atoms with Gasteiger partial charge in [-0.25, -0.2) is 4.98 Å². The maximum atomic E-state index is 11.5. The minimum atomic E-state index is 0. The molecule has 146 valence electrons. The first-order chi connectivity index (χ1) is 12.0. The second-order valence-corrected chi connectivity index (χ2v) is 6.63. The number of pyridine rings is 1. The molecule has 1 aliphatic rings. The van der Waals surface area contributed by atoms with E-state index in [2.05, 4.69) is 31.6 Å². The molecule has 0 aliphatic carbocycles. The van der Waals surface area contributed by atoms with Crippen molar-refractivity contribution in [3.05, 3.63) is 23.9 Å². The Labute approximate surface area is 173 Å². The number of likely N-dealkylation sites (tertiary alicyclic amines) is 1. The van der Waals surface area contributed by atoms with Crippen molar-refractivity contribution in [1.29, 1.82) is 0 Å². The molecule has 26 heavy (non-hydrogen) atoms. The van der Waals surface area contributed by atoms with Crippen molar-refractivity contribution in [3.8, 4) is 0 Å². The van der Waals surface area contributed by atoms with Gasteiger partial charge in [0.15, 0.2) is 5.96 Å². The fraction of sp³-hybridized carbons (Fsp3) is 0.611. The topological polar surface area (TPSA) is 72.9 Å². The van der Waals surface area contributed by atoms with Crippen molar-refractivity contribution in [2.24, 2.45) is 10.9 Å². The van der Waals surface area contributed by atoms with Crippen molar-refractivity contribution in [2.75, 3.05) is 46.2 Å². The highest BCUT2D eigenvalue weighted by atomic mass is 127. The van der Waals surface area contributed by atoms with Crippen LogP contribution in [0.5, 0.6) is 0 Å². The number of carbonyl (C=O) groups excluding carboxylic acids is 1. The van der Waals surface area contributed by atoms with Crippen LogP contribution in [-0.2, 0) is 11.3 Å². The number of nitrogens with zero attached hydrogens (tertiary/aromatic N) is 4. The van der Waals surface area contributed by atoms with Gasteiger partial charge in [0.1, 0.15) is 5.82 Å². The van der Waals surface area contributed by atoms with E-state index >= 15 is 0 Å². The average Bonchev–Trinajstić information content (AvgIpc) is 2.63. The molecule has 0 bridgehead atoms. The van der Waals surface area contributed by atoms with Gasteiger partial charge in [0, 0.05) is 60.4 Å². The van der Waals surface area contributed by atoms with E-state index in [1.165, 1.54) is 5.56 Å². The molecule has 1 aromatic rings. The molecule has 2 heterocycles. The van der Waals surface area contributed by atoms with E-state index in [1.54, 1.807) is 7.05 Å². The minimum Gasteiger partial charge on any atom is -0.363 e. The first-order valence-corrected chi connectivity index (χ1v) is 8.82. The summed E-state index contributed by atoms with van der Waals surface area (Å²) in [4.78, 5) is 24.5. The molecule has 0 atom stereocenters. The fourth-order valence-electron chi connectivity index (χ4n) is 3.04. The number of anilines is 1. The fourth-order valence-corrected chi connectivity index (χ4v) is 3.04. The van der Waals surface area contributed by atoms with Crippen LogP contribution in [-0.4, -0.2) is 63.0 Å². The second-order valence-electron chi connectivity index (χ2n) is 6.63. The number of nitrogens with one attached hydrogen (secondary N) is 2. The molecular formula is C18H31IN6O. The normalized spacial score (nSPS) is 15.2. The van der Waals surface area contributed by atoms with E-state index in [1.807, 2.05) is 38.3 Å². The molecule has 1 fully saturated rings. The van der Waals surface area contributed by atoms with Crippen LogP contribution in [0.15, 0.2) is 23.3 Å². The number of hydrogen-bond donors (Lipinski definition) is 2. The Hall–Kier alpha value is -1.58. The zero-order valence-corrected chi connectivity index (χ0v) is 18.5. The lowest BCUT2D eigenvalue weighted by Gasteiger charge is -2.34. The van der Waals surface area contributed by atoms with Crippen LogP contribution < -0.4 is 15.5 Å². The van der Waals surface area contributed by atoms with E-state index < -0.39 is 0 Å². The Morgan fingerprint density at radius 2 is 2.08 bits per heavy atom. The Bertz CT molecular complexity index is 599. The highest BCUT2D eigenvalue weighted by Crippen LogP contribution is 2.20. The molecule has 1 aromatic heterocycles. The first kappa shape index (κ1) is 22.5. The van der Waals surface area contributed by atoms with Gasteiger partial charge >= 0.3 is 0 Å². The monoisotopic (exact) mass is 474 g/mol. The molecule has 0 aromatic carbocycles. The molecule has 1 amide bonds. The largest absolute Gasteiger partial charge is 0.363 e. The lowest BCUT2D eigenvalue weighted by molar-refractivity contribution is -0.121. The van der Waals surface area contributed by atoms with Gasteiger partial charge in [-0.3, -0.25) is 9.79 Å². The van der Waals surface area contributed by atoms with E-state index in [9.17, 15) is 4.79 Å². The molecule has 1 saturated heterocycles. The van der Waals surface area contributed by atoms with Crippen LogP contribution in [0.2, 0.25) is 0 Å². The number of halogens is 1. The van der Waals surface area contributed by atoms with E-state index in [4.69, 9.17) is 0 Å². The molecule has 0 unspecified atom stereocenters. The minimum absolute atomic E-state index is 0. The van der Waals surface area contributed by atoms with Crippen molar-refractivity contribution in [1.82, 2.24) is 20.5 Å². The molecule has 1 aliphatic heterocycles. The number of piperidine rings is 1. The zero-order chi connectivity index (χ0) is 18.2. The number of guanidine groups is 1. The Kier molecular flexibility index (Phi) is 9.68. The number of amides is 1. The highest BCUT2D eigenvalue weighted by Gasteiger charge is 2.22. The third-order valence-electron chi connectivity index (χ3n) is 4.60. The third-order valence-corrected chi connectivity index (χ3v) is 4.60. The summed E-state index contributed by atoms with van der Waals surface area (Å²) in [5, 5.41) is 6.15. The smallest absolute Gasteiger partial charge is 0.220 e. The summed E-state index contributed by atoms with van der Waals surface area (Å²) in [7, 11) is 7.49. The summed E-state index contributed by atoms with van der Waals surface area (Å²) in [5.41, 5.74) is 1.18. The number of carbonyl (C=O) groups is 1. The molecular weight excluding hydrogens is 443 g/mol. The quantitative estimate of drug-likeness (QED) is 0.386. The van der Waals surface area contributed by atoms with Crippen molar-refractivity contribution < 1.29 is 4.79 Å². The van der Waals surface area contributed by atoms with Crippen LogP contribution in [0, 0.1) is 5.92 Å². The zero-order valence-electron chi connectivity index (χ0n) is 16.2. The van der Waals surface area contributed by atoms with Crippen molar-refractivity contribution in [2.45, 2.75) is 25.8 Å². The van der Waals surface area contributed by atoms with Crippen LogP contribution in [0.4, 0.5) is 5.82 Å². The van der Waals surface area contributed by atoms with Gasteiger partial charge < -0.3 is 20.4 Å². The third kappa shape index (κ3) is 6.62. The summed E-state index contributed by atoms with van der Waals surface area (Å²) >= 11 is 0. The molecule has 2 rings (SSSR count). The van der Waals surface area contributed by atoms with Gasteiger partial charge in [0.05, 0.1) is 0 Å². The van der Waals surface area contributed by atoms with Gasteiger partial charge in [0.2, 0.25) is 5.91 Å². The average molecular weight is 474 g/mol. The summed E-state index contributed by atoms with van der Waals surface area (Å²) in [5.74, 6) is 2.47. The molecule has 0 spiro atoms. The van der Waals surface area contributed by atoms with Gasteiger partial charge in [-0.15, -0.1) is 24.0 Å². The summed E-state index contributed by atoms with van der Waals surface area (Å²) in [6, 6.07) is 4.10. The number of aromatic nitrogens is 1. The van der Waals surface area contributed by atoms with Gasteiger partial charge in [-0.2, -0.15) is 0 Å². The van der Waals surface area contributed by atoms with Crippen LogP contribution in [0.3, 0.4) is 0 Å². The summed E-state index contributed by atoms with van der Waals surface area (Å²) in [6.07, 6.45) is 4.50. The van der Waals surface area contributed by atoms with E-state index in [0.717, 1.165) is 37.7 Å². The van der Waals surface area contributed by atoms with E-state index in [0.29, 0.717) is 18.9 Å².